The van der Waals surface area contributed by atoms with Crippen molar-refractivity contribution in [3.63, 3.8) is 0 Å². The number of halogens is 7. The molecule has 0 atom stereocenters. The van der Waals surface area contributed by atoms with Gasteiger partial charge in [-0.15, -0.1) is 0 Å². The third-order valence-corrected chi connectivity index (χ3v) is 3.68. The van der Waals surface area contributed by atoms with Gasteiger partial charge in [0.1, 0.15) is 0 Å². The number of amides is 2. The Kier molecular flexibility index (Phi) is 6.19. The summed E-state index contributed by atoms with van der Waals surface area (Å²) in [6.07, 6.45) is -7.28. The number of hydrogen-bond donors (Lipinski definition) is 2. The number of hydrogen-bond acceptors (Lipinski definition) is 1. The van der Waals surface area contributed by atoms with Crippen LogP contribution in [0.15, 0.2) is 53.1 Å². The molecule has 0 spiro atoms. The fourth-order valence-corrected chi connectivity index (χ4v) is 2.44. The Labute approximate surface area is 158 Å². The summed E-state index contributed by atoms with van der Waals surface area (Å²) in [6.45, 7) is 0. The zero-order valence-corrected chi connectivity index (χ0v) is 14.8. The number of anilines is 1. The summed E-state index contributed by atoms with van der Waals surface area (Å²) in [6, 6.07) is 6.82. The molecule has 0 heterocycles. The van der Waals surface area contributed by atoms with Gasteiger partial charge in [-0.05, 0) is 42.0 Å². The maximum atomic E-state index is 12.8. The van der Waals surface area contributed by atoms with Crippen molar-refractivity contribution in [1.82, 2.24) is 5.32 Å². The first-order valence-corrected chi connectivity index (χ1v) is 8.03. The third-order valence-electron chi connectivity index (χ3n) is 3.18. The Morgan fingerprint density at radius 1 is 0.926 bits per heavy atom. The summed E-state index contributed by atoms with van der Waals surface area (Å²) in [7, 11) is 0. The lowest BCUT2D eigenvalue weighted by atomic mass is 10.1. The largest absolute Gasteiger partial charge is 0.416 e. The van der Waals surface area contributed by atoms with E-state index in [9.17, 15) is 31.1 Å². The molecule has 2 N–H and O–H groups in total. The Bertz CT molecular complexity index is 829. The first-order chi connectivity index (χ1) is 12.4. The van der Waals surface area contributed by atoms with Gasteiger partial charge in [-0.1, -0.05) is 28.1 Å². The van der Waals surface area contributed by atoms with Crippen molar-refractivity contribution in [3.8, 4) is 0 Å². The fraction of sp³-hybridized carbons (Fsp3) is 0.118. The van der Waals surface area contributed by atoms with Crippen LogP contribution in [0, 0.1) is 0 Å². The lowest BCUT2D eigenvalue weighted by Crippen LogP contribution is -2.24. The first kappa shape index (κ1) is 20.8. The minimum Gasteiger partial charge on any atom is -0.314 e. The maximum Gasteiger partial charge on any atom is 0.416 e. The van der Waals surface area contributed by atoms with Crippen molar-refractivity contribution in [2.45, 2.75) is 12.4 Å². The minimum absolute atomic E-state index is 0.0176. The van der Waals surface area contributed by atoms with E-state index < -0.39 is 35.2 Å². The molecule has 0 aliphatic rings. The predicted octanol–water partition coefficient (Wildman–Crippen LogP) is 6.28. The smallest absolute Gasteiger partial charge is 0.314 e. The molecule has 3 nitrogen and oxygen atoms in total. The molecule has 2 amide bonds. The molecule has 0 fully saturated rings. The van der Waals surface area contributed by atoms with E-state index >= 15 is 0 Å². The van der Waals surface area contributed by atoms with Crippen LogP contribution in [0.5, 0.6) is 0 Å². The van der Waals surface area contributed by atoms with Crippen molar-refractivity contribution in [2.24, 2.45) is 0 Å². The van der Waals surface area contributed by atoms with Crippen molar-refractivity contribution < 1.29 is 31.1 Å². The van der Waals surface area contributed by atoms with Gasteiger partial charge in [0.25, 0.3) is 0 Å². The summed E-state index contributed by atoms with van der Waals surface area (Å²) < 4.78 is 77.5. The Hall–Kier alpha value is -2.49. The van der Waals surface area contributed by atoms with Gasteiger partial charge in [0.05, 0.1) is 11.1 Å². The van der Waals surface area contributed by atoms with Gasteiger partial charge in [-0.3, -0.25) is 0 Å². The molecular formula is C17H11BrF6N2O. The van der Waals surface area contributed by atoms with Crippen molar-refractivity contribution >= 4 is 33.7 Å². The Balaban J connectivity index is 2.14. The van der Waals surface area contributed by atoms with Crippen LogP contribution in [-0.4, -0.2) is 6.03 Å². The Morgan fingerprint density at radius 2 is 1.52 bits per heavy atom. The normalized spacial score (nSPS) is 12.3. The molecule has 0 aromatic heterocycles. The van der Waals surface area contributed by atoms with E-state index in [1.165, 1.54) is 12.3 Å². The molecule has 2 rings (SSSR count). The molecule has 0 bridgehead atoms. The molecule has 144 valence electrons. The number of alkyl halides is 6. The number of urea groups is 1. The van der Waals surface area contributed by atoms with Crippen LogP contribution in [0.3, 0.4) is 0 Å². The van der Waals surface area contributed by atoms with E-state index in [0.717, 1.165) is 4.47 Å². The third kappa shape index (κ3) is 6.31. The molecule has 0 unspecified atom stereocenters. The van der Waals surface area contributed by atoms with E-state index in [1.807, 2.05) is 5.32 Å². The maximum absolute atomic E-state index is 12.8. The van der Waals surface area contributed by atoms with Gasteiger partial charge >= 0.3 is 18.4 Å². The summed E-state index contributed by atoms with van der Waals surface area (Å²) in [5.41, 5.74) is -2.96. The lowest BCUT2D eigenvalue weighted by Gasteiger charge is -2.14. The second kappa shape index (κ2) is 8.03. The topological polar surface area (TPSA) is 41.1 Å². The molecular weight excluding hydrogens is 442 g/mol. The highest BCUT2D eigenvalue weighted by atomic mass is 79.9. The number of rotatable bonds is 3. The van der Waals surface area contributed by atoms with Crippen molar-refractivity contribution in [3.05, 3.63) is 69.8 Å². The van der Waals surface area contributed by atoms with Crippen LogP contribution in [-0.2, 0) is 12.4 Å². The highest BCUT2D eigenvalue weighted by Gasteiger charge is 2.37. The quantitative estimate of drug-likeness (QED) is 0.528. The van der Waals surface area contributed by atoms with Gasteiger partial charge in [0.2, 0.25) is 0 Å². The van der Waals surface area contributed by atoms with Crippen LogP contribution in [0.1, 0.15) is 16.7 Å². The average Bonchev–Trinajstić information content (AvgIpc) is 2.53. The van der Waals surface area contributed by atoms with E-state index in [4.69, 9.17) is 0 Å². The summed E-state index contributed by atoms with van der Waals surface area (Å²) in [5, 5.41) is 4.16. The molecule has 0 radical (unpaired) electrons. The average molecular weight is 453 g/mol. The standard InChI is InChI=1S/C17H11BrF6N2O/c18-13-3-1-2-10(6-13)4-5-25-15(27)26-14-8-11(16(19,20)21)7-12(9-14)17(22,23)24/h1-9H,(H2,25,26,27)/b5-4+. The molecule has 10 heteroatoms. The van der Waals surface area contributed by atoms with Gasteiger partial charge in [-0.2, -0.15) is 26.3 Å². The molecule has 0 saturated carbocycles. The molecule has 2 aromatic rings. The molecule has 0 aliphatic heterocycles. The van der Waals surface area contributed by atoms with E-state index in [2.05, 4.69) is 21.2 Å². The lowest BCUT2D eigenvalue weighted by molar-refractivity contribution is -0.143. The highest BCUT2D eigenvalue weighted by Crippen LogP contribution is 2.37. The summed E-state index contributed by atoms with van der Waals surface area (Å²) >= 11 is 3.26. The monoisotopic (exact) mass is 452 g/mol. The van der Waals surface area contributed by atoms with Crippen LogP contribution in [0.2, 0.25) is 0 Å². The number of carbonyl (C=O) groups is 1. The second-order valence-electron chi connectivity index (χ2n) is 5.28. The SMILES string of the molecule is O=C(N/C=C/c1cccc(Br)c1)Nc1cc(C(F)(F)F)cc(C(F)(F)F)c1. The number of nitrogens with one attached hydrogen (secondary N) is 2. The fourth-order valence-electron chi connectivity index (χ4n) is 2.02. The molecule has 27 heavy (non-hydrogen) atoms. The van der Waals surface area contributed by atoms with Crippen LogP contribution in [0.4, 0.5) is 36.8 Å². The number of benzene rings is 2. The predicted molar refractivity (Wildman–Crippen MR) is 91.8 cm³/mol. The van der Waals surface area contributed by atoms with E-state index in [0.29, 0.717) is 17.7 Å². The van der Waals surface area contributed by atoms with Crippen LogP contribution < -0.4 is 10.6 Å². The van der Waals surface area contributed by atoms with Gasteiger partial charge in [0, 0.05) is 16.4 Å². The van der Waals surface area contributed by atoms with E-state index in [-0.39, 0.29) is 6.07 Å². The van der Waals surface area contributed by atoms with E-state index in [1.54, 1.807) is 24.3 Å². The van der Waals surface area contributed by atoms with Crippen LogP contribution >= 0.6 is 15.9 Å². The van der Waals surface area contributed by atoms with Gasteiger partial charge in [-0.25, -0.2) is 4.79 Å². The molecule has 2 aromatic carbocycles. The van der Waals surface area contributed by atoms with Gasteiger partial charge in [0.15, 0.2) is 0 Å². The molecule has 0 aliphatic carbocycles. The van der Waals surface area contributed by atoms with Crippen molar-refractivity contribution in [2.75, 3.05) is 5.32 Å². The zero-order valence-electron chi connectivity index (χ0n) is 13.3. The summed E-state index contributed by atoms with van der Waals surface area (Å²) in [4.78, 5) is 11.7. The highest BCUT2D eigenvalue weighted by molar-refractivity contribution is 9.10. The first-order valence-electron chi connectivity index (χ1n) is 7.24. The molecule has 0 saturated heterocycles. The number of carbonyl (C=O) groups excluding carboxylic acids is 1. The van der Waals surface area contributed by atoms with Crippen molar-refractivity contribution in [1.29, 1.82) is 0 Å². The minimum atomic E-state index is -4.99. The summed E-state index contributed by atoms with van der Waals surface area (Å²) in [5.74, 6) is 0. The Morgan fingerprint density at radius 3 is 2.04 bits per heavy atom. The van der Waals surface area contributed by atoms with Crippen LogP contribution in [0.25, 0.3) is 6.08 Å². The zero-order chi connectivity index (χ0) is 20.2. The second-order valence-corrected chi connectivity index (χ2v) is 6.20. The van der Waals surface area contributed by atoms with Gasteiger partial charge < -0.3 is 10.6 Å².